The Morgan fingerprint density at radius 2 is 2.12 bits per heavy atom. The molecule has 0 bridgehead atoms. The molecule has 0 fully saturated rings. The molecule has 3 aromatic rings. The molecule has 132 valence electrons. The van der Waals surface area contributed by atoms with Crippen molar-refractivity contribution in [1.29, 1.82) is 0 Å². The first-order valence-corrected chi connectivity index (χ1v) is 9.42. The van der Waals surface area contributed by atoms with Gasteiger partial charge < -0.3 is 9.80 Å². The normalized spacial score (nSPS) is 13.0. The number of aryl methyl sites for hydroxylation is 1. The Bertz CT molecular complexity index is 979. The zero-order valence-electron chi connectivity index (χ0n) is 15.1. The third kappa shape index (κ3) is 2.86. The first kappa shape index (κ1) is 16.7. The van der Waals surface area contributed by atoms with E-state index in [4.69, 9.17) is 0 Å². The van der Waals surface area contributed by atoms with Crippen LogP contribution < -0.4 is 9.80 Å². The van der Waals surface area contributed by atoms with Crippen LogP contribution in [0.2, 0.25) is 0 Å². The summed E-state index contributed by atoms with van der Waals surface area (Å²) in [6.07, 6.45) is 2.57. The molecule has 0 spiro atoms. The predicted octanol–water partition coefficient (Wildman–Crippen LogP) is 3.78. The second-order valence-corrected chi connectivity index (χ2v) is 7.63. The summed E-state index contributed by atoms with van der Waals surface area (Å²) in [4.78, 5) is 25.8. The van der Waals surface area contributed by atoms with Crippen molar-refractivity contribution in [2.24, 2.45) is 0 Å². The first-order valence-electron chi connectivity index (χ1n) is 8.54. The van der Waals surface area contributed by atoms with Crippen LogP contribution in [-0.4, -0.2) is 36.5 Å². The number of amides is 1. The third-order valence-electron chi connectivity index (χ3n) is 4.58. The lowest BCUT2D eigenvalue weighted by molar-refractivity contribution is 0.0989. The zero-order valence-corrected chi connectivity index (χ0v) is 15.9. The predicted molar refractivity (Wildman–Crippen MR) is 106 cm³/mol. The lowest BCUT2D eigenvalue weighted by Crippen LogP contribution is -2.30. The summed E-state index contributed by atoms with van der Waals surface area (Å²) < 4.78 is 0. The molecule has 0 atom stereocenters. The van der Waals surface area contributed by atoms with Gasteiger partial charge in [-0.15, -0.1) is 11.3 Å². The number of benzene rings is 1. The summed E-state index contributed by atoms with van der Waals surface area (Å²) in [5, 5.41) is 3.14. The minimum atomic E-state index is -0.00203. The molecule has 0 unspecified atom stereocenters. The summed E-state index contributed by atoms with van der Waals surface area (Å²) in [6.45, 7) is 2.70. The summed E-state index contributed by atoms with van der Waals surface area (Å²) >= 11 is 1.65. The van der Waals surface area contributed by atoms with E-state index in [1.807, 2.05) is 49.0 Å². The van der Waals surface area contributed by atoms with Gasteiger partial charge in [0.2, 0.25) is 0 Å². The largest absolute Gasteiger partial charge is 0.362 e. The monoisotopic (exact) mass is 364 g/mol. The highest BCUT2D eigenvalue weighted by molar-refractivity contribution is 7.09. The number of hydrogen-bond donors (Lipinski definition) is 0. The van der Waals surface area contributed by atoms with Crippen LogP contribution >= 0.6 is 11.3 Å². The molecule has 0 aliphatic carbocycles. The molecule has 26 heavy (non-hydrogen) atoms. The van der Waals surface area contributed by atoms with Gasteiger partial charge in [-0.25, -0.2) is 9.97 Å². The van der Waals surface area contributed by atoms with Crippen molar-refractivity contribution in [2.75, 3.05) is 30.4 Å². The molecule has 0 saturated heterocycles. The minimum absolute atomic E-state index is 0.00203. The van der Waals surface area contributed by atoms with Crippen LogP contribution in [0.4, 0.5) is 11.5 Å². The molecule has 4 rings (SSSR count). The molecule has 2 aromatic heterocycles. The van der Waals surface area contributed by atoms with E-state index in [2.05, 4.69) is 27.5 Å². The van der Waals surface area contributed by atoms with Crippen LogP contribution in [0.15, 0.2) is 41.9 Å². The number of anilines is 2. The number of carbonyl (C=O) groups excluding carboxylic acids is 1. The molecule has 1 aliphatic heterocycles. The second kappa shape index (κ2) is 6.53. The van der Waals surface area contributed by atoms with Crippen molar-refractivity contribution in [2.45, 2.75) is 13.3 Å². The number of thiazole rings is 1. The molecule has 1 aromatic carbocycles. The number of rotatable bonds is 3. The lowest BCUT2D eigenvalue weighted by atomic mass is 10.1. The number of hydrogen-bond acceptors (Lipinski definition) is 5. The summed E-state index contributed by atoms with van der Waals surface area (Å²) in [5.41, 5.74) is 4.92. The van der Waals surface area contributed by atoms with Crippen LogP contribution in [0.1, 0.15) is 20.9 Å². The van der Waals surface area contributed by atoms with E-state index in [0.29, 0.717) is 17.9 Å². The fraction of sp³-hybridized carbons (Fsp3) is 0.250. The van der Waals surface area contributed by atoms with Gasteiger partial charge in [0.05, 0.1) is 16.3 Å². The van der Waals surface area contributed by atoms with Gasteiger partial charge in [-0.05, 0) is 43.2 Å². The number of carbonyl (C=O) groups is 1. The smallest absolute Gasteiger partial charge is 0.262 e. The topological polar surface area (TPSA) is 49.3 Å². The molecule has 6 heteroatoms. The van der Waals surface area contributed by atoms with Gasteiger partial charge in [0.25, 0.3) is 5.91 Å². The van der Waals surface area contributed by atoms with Crippen LogP contribution in [0, 0.1) is 6.92 Å². The van der Waals surface area contributed by atoms with E-state index < -0.39 is 0 Å². The van der Waals surface area contributed by atoms with Crippen molar-refractivity contribution in [3.63, 3.8) is 0 Å². The average molecular weight is 364 g/mol. The van der Waals surface area contributed by atoms with Gasteiger partial charge in [-0.3, -0.25) is 4.79 Å². The van der Waals surface area contributed by atoms with E-state index in [-0.39, 0.29) is 5.91 Å². The van der Waals surface area contributed by atoms with Gasteiger partial charge in [0.15, 0.2) is 0 Å². The molecular weight excluding hydrogens is 344 g/mol. The van der Waals surface area contributed by atoms with Gasteiger partial charge in [-0.1, -0.05) is 6.07 Å². The zero-order chi connectivity index (χ0) is 18.3. The molecule has 3 heterocycles. The van der Waals surface area contributed by atoms with E-state index >= 15 is 0 Å². The van der Waals surface area contributed by atoms with Gasteiger partial charge in [-0.2, -0.15) is 0 Å². The molecule has 0 radical (unpaired) electrons. The Morgan fingerprint density at radius 1 is 1.27 bits per heavy atom. The maximum atomic E-state index is 13.1. The Kier molecular flexibility index (Phi) is 4.20. The Labute approximate surface area is 156 Å². The highest BCUT2D eigenvalue weighted by atomic mass is 32.1. The van der Waals surface area contributed by atoms with Gasteiger partial charge >= 0.3 is 0 Å². The maximum Gasteiger partial charge on any atom is 0.262 e. The van der Waals surface area contributed by atoms with Crippen LogP contribution in [0.3, 0.4) is 0 Å². The molecule has 1 aliphatic rings. The van der Waals surface area contributed by atoms with Crippen molar-refractivity contribution in [3.05, 3.63) is 58.0 Å². The minimum Gasteiger partial charge on any atom is -0.362 e. The molecule has 5 nitrogen and oxygen atoms in total. The Hall–Kier alpha value is -2.73. The molecule has 0 N–H and O–H groups in total. The molecule has 1 amide bonds. The number of nitrogens with zero attached hydrogens (tertiary/aromatic N) is 4. The van der Waals surface area contributed by atoms with E-state index in [0.717, 1.165) is 28.4 Å². The number of pyridine rings is 1. The van der Waals surface area contributed by atoms with Gasteiger partial charge in [0.1, 0.15) is 5.82 Å². The average Bonchev–Trinajstić information content (AvgIpc) is 3.26. The molecule has 0 saturated carbocycles. The highest BCUT2D eigenvalue weighted by Gasteiger charge is 2.28. The van der Waals surface area contributed by atoms with Crippen LogP contribution in [0.25, 0.3) is 11.3 Å². The number of fused-ring (bicyclic) bond motifs is 1. The van der Waals surface area contributed by atoms with Crippen LogP contribution in [0.5, 0.6) is 0 Å². The summed E-state index contributed by atoms with van der Waals surface area (Å²) in [6, 6.07) is 9.90. The van der Waals surface area contributed by atoms with E-state index in [1.54, 1.807) is 17.5 Å². The lowest BCUT2D eigenvalue weighted by Gasteiger charge is -2.21. The SMILES string of the molecule is Cc1nc(-c2ccc3c(c2)CCN3C(=O)c2cccnc2N(C)C)cs1. The molecular formula is C20H20N4OS. The summed E-state index contributed by atoms with van der Waals surface area (Å²) in [5.74, 6) is 0.693. The quantitative estimate of drug-likeness (QED) is 0.710. The first-order chi connectivity index (χ1) is 12.5. The highest BCUT2D eigenvalue weighted by Crippen LogP contribution is 2.34. The maximum absolute atomic E-state index is 13.1. The van der Waals surface area contributed by atoms with E-state index in [9.17, 15) is 4.79 Å². The fourth-order valence-corrected chi connectivity index (χ4v) is 3.96. The van der Waals surface area contributed by atoms with Crippen molar-refractivity contribution < 1.29 is 4.79 Å². The van der Waals surface area contributed by atoms with E-state index in [1.165, 1.54) is 5.56 Å². The standard InChI is InChI=1S/C20H20N4OS/c1-13-22-17(12-26-13)14-6-7-18-15(11-14)8-10-24(18)20(25)16-5-4-9-21-19(16)23(2)3/h4-7,9,11-12H,8,10H2,1-3H3. The van der Waals surface area contributed by atoms with Crippen molar-refractivity contribution >= 4 is 28.7 Å². The second-order valence-electron chi connectivity index (χ2n) is 6.57. The number of aromatic nitrogens is 2. The van der Waals surface area contributed by atoms with Crippen molar-refractivity contribution in [3.8, 4) is 11.3 Å². The van der Waals surface area contributed by atoms with Crippen molar-refractivity contribution in [1.82, 2.24) is 9.97 Å². The fourth-order valence-electron chi connectivity index (χ4n) is 3.33. The summed E-state index contributed by atoms with van der Waals surface area (Å²) in [7, 11) is 3.80. The van der Waals surface area contributed by atoms with Gasteiger partial charge in [0, 0.05) is 43.5 Å². The Balaban J connectivity index is 1.67. The third-order valence-corrected chi connectivity index (χ3v) is 5.35. The van der Waals surface area contributed by atoms with Crippen LogP contribution in [-0.2, 0) is 6.42 Å². The Morgan fingerprint density at radius 3 is 2.85 bits per heavy atom.